The number of carbonyl (C=O) groups excluding carboxylic acids is 2. The van der Waals surface area contributed by atoms with E-state index in [4.69, 9.17) is 9.47 Å². The van der Waals surface area contributed by atoms with Crippen molar-refractivity contribution in [2.45, 2.75) is 78.0 Å². The fourth-order valence-electron chi connectivity index (χ4n) is 4.64. The Morgan fingerprint density at radius 1 is 1.24 bits per heavy atom. The Bertz CT molecular complexity index is 677. The van der Waals surface area contributed by atoms with Gasteiger partial charge >= 0.3 is 12.1 Å². The van der Waals surface area contributed by atoms with Crippen molar-refractivity contribution in [1.82, 2.24) is 10.2 Å². The summed E-state index contributed by atoms with van der Waals surface area (Å²) in [4.78, 5) is 27.5. The highest BCUT2D eigenvalue weighted by Crippen LogP contribution is 2.40. The SMILES string of the molecule is CC(C)C(NC(=O)OC(C)(C)C)C(=O)OC1=CCN2CCC3CCC=CC3C2C1. The predicted octanol–water partition coefficient (Wildman–Crippen LogP) is 4.02. The number of nitrogens with zero attached hydrogens (tertiary/aromatic N) is 1. The number of esters is 1. The summed E-state index contributed by atoms with van der Waals surface area (Å²) in [5.74, 6) is 1.50. The topological polar surface area (TPSA) is 67.9 Å². The van der Waals surface area contributed by atoms with Crippen LogP contribution in [0.15, 0.2) is 24.0 Å². The summed E-state index contributed by atoms with van der Waals surface area (Å²) >= 11 is 0. The molecule has 1 aliphatic carbocycles. The number of carbonyl (C=O) groups is 2. The van der Waals surface area contributed by atoms with Crippen molar-refractivity contribution >= 4 is 12.1 Å². The van der Waals surface area contributed by atoms with E-state index < -0.39 is 23.7 Å². The van der Waals surface area contributed by atoms with Crippen LogP contribution in [0.2, 0.25) is 0 Å². The lowest BCUT2D eigenvalue weighted by Crippen LogP contribution is -2.51. The number of alkyl carbamates (subject to hydrolysis) is 1. The molecular weight excluding hydrogens is 368 g/mol. The fourth-order valence-corrected chi connectivity index (χ4v) is 4.64. The monoisotopic (exact) mass is 404 g/mol. The maximum Gasteiger partial charge on any atom is 0.408 e. The second-order valence-electron chi connectivity index (χ2n) is 9.86. The van der Waals surface area contributed by atoms with Gasteiger partial charge in [0.05, 0.1) is 0 Å². The predicted molar refractivity (Wildman–Crippen MR) is 112 cm³/mol. The molecule has 0 aromatic rings. The molecule has 1 saturated heterocycles. The molecule has 3 rings (SSSR count). The van der Waals surface area contributed by atoms with Gasteiger partial charge in [0, 0.05) is 19.0 Å². The van der Waals surface area contributed by atoms with Gasteiger partial charge in [-0.3, -0.25) is 4.90 Å². The van der Waals surface area contributed by atoms with Crippen molar-refractivity contribution in [3.8, 4) is 0 Å². The molecule has 0 aromatic carbocycles. The Balaban J connectivity index is 1.62. The highest BCUT2D eigenvalue weighted by atomic mass is 16.6. The van der Waals surface area contributed by atoms with Gasteiger partial charge in [-0.2, -0.15) is 0 Å². The Morgan fingerprint density at radius 2 is 2.00 bits per heavy atom. The smallest absolute Gasteiger partial charge is 0.408 e. The van der Waals surface area contributed by atoms with Gasteiger partial charge < -0.3 is 14.8 Å². The van der Waals surface area contributed by atoms with Crippen LogP contribution in [-0.4, -0.2) is 47.7 Å². The molecule has 162 valence electrons. The second kappa shape index (κ2) is 8.90. The van der Waals surface area contributed by atoms with E-state index in [1.807, 2.05) is 19.9 Å². The maximum atomic E-state index is 12.8. The Labute approximate surface area is 174 Å². The third kappa shape index (κ3) is 5.62. The zero-order chi connectivity index (χ0) is 21.2. The van der Waals surface area contributed by atoms with E-state index in [2.05, 4.69) is 22.4 Å². The van der Waals surface area contributed by atoms with E-state index in [1.165, 1.54) is 19.3 Å². The van der Waals surface area contributed by atoms with E-state index in [0.717, 1.165) is 31.2 Å². The summed E-state index contributed by atoms with van der Waals surface area (Å²) in [7, 11) is 0. The van der Waals surface area contributed by atoms with Crippen LogP contribution in [0, 0.1) is 17.8 Å². The quantitative estimate of drug-likeness (QED) is 0.566. The molecule has 29 heavy (non-hydrogen) atoms. The van der Waals surface area contributed by atoms with Gasteiger partial charge in [0.15, 0.2) is 0 Å². The summed E-state index contributed by atoms with van der Waals surface area (Å²) in [5.41, 5.74) is -0.615. The second-order valence-corrected chi connectivity index (χ2v) is 9.86. The summed E-state index contributed by atoms with van der Waals surface area (Å²) in [6, 6.07) is -0.341. The van der Waals surface area contributed by atoms with Crippen LogP contribution in [-0.2, 0) is 14.3 Å². The minimum absolute atomic E-state index is 0.101. The van der Waals surface area contributed by atoms with Gasteiger partial charge in [0.2, 0.25) is 0 Å². The van der Waals surface area contributed by atoms with Crippen LogP contribution in [0.1, 0.15) is 60.3 Å². The van der Waals surface area contributed by atoms with Crippen molar-refractivity contribution in [2.24, 2.45) is 17.8 Å². The zero-order valence-electron chi connectivity index (χ0n) is 18.4. The van der Waals surface area contributed by atoms with Gasteiger partial charge in [-0.1, -0.05) is 26.0 Å². The highest BCUT2D eigenvalue weighted by Gasteiger charge is 2.40. The molecule has 0 radical (unpaired) electrons. The number of rotatable bonds is 4. The minimum Gasteiger partial charge on any atom is -0.444 e. The number of hydrogen-bond acceptors (Lipinski definition) is 5. The third-order valence-electron chi connectivity index (χ3n) is 6.10. The number of piperidine rings is 1. The number of allylic oxidation sites excluding steroid dienone is 1. The van der Waals surface area contributed by atoms with Gasteiger partial charge in [-0.15, -0.1) is 0 Å². The van der Waals surface area contributed by atoms with E-state index in [-0.39, 0.29) is 5.92 Å². The van der Waals surface area contributed by atoms with Crippen molar-refractivity contribution < 1.29 is 19.1 Å². The molecule has 4 atom stereocenters. The first kappa shape index (κ1) is 21.9. The van der Waals surface area contributed by atoms with Crippen molar-refractivity contribution in [2.75, 3.05) is 13.1 Å². The lowest BCUT2D eigenvalue weighted by molar-refractivity contribution is -0.144. The first-order valence-corrected chi connectivity index (χ1v) is 10.9. The molecule has 6 nitrogen and oxygen atoms in total. The van der Waals surface area contributed by atoms with Crippen LogP contribution in [0.25, 0.3) is 0 Å². The summed E-state index contributed by atoms with van der Waals surface area (Å²) < 4.78 is 11.1. The van der Waals surface area contributed by atoms with Crippen LogP contribution in [0.5, 0.6) is 0 Å². The summed E-state index contributed by atoms with van der Waals surface area (Å²) in [6.45, 7) is 11.1. The van der Waals surface area contributed by atoms with E-state index in [1.54, 1.807) is 20.8 Å². The number of hydrogen-bond donors (Lipinski definition) is 1. The first-order chi connectivity index (χ1) is 13.6. The molecule has 1 N–H and O–H groups in total. The van der Waals surface area contributed by atoms with E-state index in [0.29, 0.717) is 12.0 Å². The van der Waals surface area contributed by atoms with Crippen LogP contribution in [0.4, 0.5) is 4.79 Å². The van der Waals surface area contributed by atoms with Crippen LogP contribution < -0.4 is 5.32 Å². The average molecular weight is 405 g/mol. The molecule has 6 heteroatoms. The zero-order valence-corrected chi connectivity index (χ0v) is 18.4. The maximum absolute atomic E-state index is 12.8. The molecule has 2 heterocycles. The molecule has 0 saturated carbocycles. The van der Waals surface area contributed by atoms with Gasteiger partial charge in [-0.05, 0) is 70.4 Å². The van der Waals surface area contributed by atoms with Crippen LogP contribution in [0.3, 0.4) is 0 Å². The molecular formula is C23H36N2O4. The van der Waals surface area contributed by atoms with E-state index >= 15 is 0 Å². The molecule has 4 unspecified atom stereocenters. The number of ether oxygens (including phenoxy) is 2. The lowest BCUT2D eigenvalue weighted by Gasteiger charge is -2.47. The molecule has 1 amide bonds. The Hall–Kier alpha value is -1.82. The molecule has 2 aliphatic heterocycles. The van der Waals surface area contributed by atoms with Gasteiger partial charge in [-0.25, -0.2) is 9.59 Å². The molecule has 0 spiro atoms. The highest BCUT2D eigenvalue weighted by molar-refractivity contribution is 5.82. The first-order valence-electron chi connectivity index (χ1n) is 10.9. The normalized spacial score (nSPS) is 28.1. The molecule has 0 aromatic heterocycles. The van der Waals surface area contributed by atoms with Gasteiger partial charge in [0.1, 0.15) is 17.4 Å². The van der Waals surface area contributed by atoms with Crippen molar-refractivity contribution in [1.29, 1.82) is 0 Å². The fraction of sp³-hybridized carbons (Fsp3) is 0.739. The third-order valence-corrected chi connectivity index (χ3v) is 6.10. The van der Waals surface area contributed by atoms with Crippen molar-refractivity contribution in [3.63, 3.8) is 0 Å². The lowest BCUT2D eigenvalue weighted by atomic mass is 9.72. The minimum atomic E-state index is -0.738. The summed E-state index contributed by atoms with van der Waals surface area (Å²) in [5, 5.41) is 2.68. The standard InChI is InChI=1S/C23H36N2O4/c1-15(2)20(24-22(27)29-23(3,4)5)21(26)28-17-11-13-25-12-10-16-8-6-7-9-18(16)19(25)14-17/h7,9,11,15-16,18-20H,6,8,10,12-14H2,1-5H3,(H,24,27). The average Bonchev–Trinajstić information content (AvgIpc) is 2.64. The Morgan fingerprint density at radius 3 is 2.69 bits per heavy atom. The van der Waals surface area contributed by atoms with Crippen LogP contribution >= 0.6 is 0 Å². The van der Waals surface area contributed by atoms with E-state index in [9.17, 15) is 9.59 Å². The van der Waals surface area contributed by atoms with Crippen molar-refractivity contribution in [3.05, 3.63) is 24.0 Å². The molecule has 0 bridgehead atoms. The number of amides is 1. The molecule has 1 fully saturated rings. The Kier molecular flexibility index (Phi) is 6.72. The largest absolute Gasteiger partial charge is 0.444 e. The molecule has 3 aliphatic rings. The van der Waals surface area contributed by atoms with Gasteiger partial charge in [0.25, 0.3) is 0 Å². The number of fused-ring (bicyclic) bond motifs is 3. The number of nitrogens with one attached hydrogen (secondary N) is 1. The summed E-state index contributed by atoms with van der Waals surface area (Å²) in [6.07, 6.45) is 10.5.